The number of aryl methyl sites for hydroxylation is 1. The first kappa shape index (κ1) is 26.0. The lowest BCUT2D eigenvalue weighted by Crippen LogP contribution is -2.32. The summed E-state index contributed by atoms with van der Waals surface area (Å²) < 4.78 is 38.7. The molecule has 0 radical (unpaired) electrons. The highest BCUT2D eigenvalue weighted by atomic mass is 32.2. The Bertz CT molecular complexity index is 1060. The van der Waals surface area contributed by atoms with Gasteiger partial charge in [0.1, 0.15) is 0 Å². The van der Waals surface area contributed by atoms with Gasteiger partial charge in [0.2, 0.25) is 15.9 Å². The SMILES string of the molecule is CCOc1ccc(C(NC(=O)CCc2ccc(S(=O)(=O)NC3CC3)cc2)C(C)C)cc1OCC. The van der Waals surface area contributed by atoms with Gasteiger partial charge in [0.05, 0.1) is 24.2 Å². The maximum Gasteiger partial charge on any atom is 0.240 e. The third-order valence-corrected chi connectivity index (χ3v) is 7.22. The maximum absolute atomic E-state index is 12.8. The van der Waals surface area contributed by atoms with E-state index in [0.29, 0.717) is 37.6 Å². The summed E-state index contributed by atoms with van der Waals surface area (Å²) in [6.45, 7) is 9.06. The lowest BCUT2D eigenvalue weighted by molar-refractivity contribution is -0.122. The Hall–Kier alpha value is -2.58. The van der Waals surface area contributed by atoms with Crippen molar-refractivity contribution in [2.24, 2.45) is 5.92 Å². The number of nitrogens with one attached hydrogen (secondary N) is 2. The summed E-state index contributed by atoms with van der Waals surface area (Å²) in [5, 5.41) is 3.15. The summed E-state index contributed by atoms with van der Waals surface area (Å²) in [4.78, 5) is 13.0. The largest absolute Gasteiger partial charge is 0.490 e. The van der Waals surface area contributed by atoms with Gasteiger partial charge in [-0.1, -0.05) is 32.0 Å². The van der Waals surface area contributed by atoms with Crippen LogP contribution < -0.4 is 19.5 Å². The van der Waals surface area contributed by atoms with E-state index in [1.807, 2.05) is 32.0 Å². The van der Waals surface area contributed by atoms with Crippen LogP contribution >= 0.6 is 0 Å². The van der Waals surface area contributed by atoms with Crippen LogP contribution in [0, 0.1) is 5.92 Å². The minimum atomic E-state index is -3.46. The topological polar surface area (TPSA) is 93.7 Å². The fraction of sp³-hybridized carbons (Fsp3) is 0.500. The van der Waals surface area contributed by atoms with E-state index in [0.717, 1.165) is 24.0 Å². The van der Waals surface area contributed by atoms with Crippen molar-refractivity contribution in [2.75, 3.05) is 13.2 Å². The number of amides is 1. The van der Waals surface area contributed by atoms with E-state index >= 15 is 0 Å². The zero-order chi connectivity index (χ0) is 24.7. The molecule has 34 heavy (non-hydrogen) atoms. The molecule has 1 unspecified atom stereocenters. The van der Waals surface area contributed by atoms with Crippen molar-refractivity contribution in [3.63, 3.8) is 0 Å². The summed E-state index contributed by atoms with van der Waals surface area (Å²) in [5.74, 6) is 1.49. The number of ether oxygens (including phenoxy) is 2. The Morgan fingerprint density at radius 3 is 2.24 bits per heavy atom. The molecule has 0 heterocycles. The van der Waals surface area contributed by atoms with Crippen LogP contribution in [0.2, 0.25) is 0 Å². The van der Waals surface area contributed by atoms with Gasteiger partial charge in [-0.05, 0) is 74.4 Å². The first-order chi connectivity index (χ1) is 16.2. The monoisotopic (exact) mass is 488 g/mol. The highest BCUT2D eigenvalue weighted by molar-refractivity contribution is 7.89. The Balaban J connectivity index is 1.61. The molecule has 3 rings (SSSR count). The highest BCUT2D eigenvalue weighted by Crippen LogP contribution is 2.33. The molecule has 1 aliphatic carbocycles. The molecule has 2 aromatic carbocycles. The van der Waals surface area contributed by atoms with Crippen molar-refractivity contribution in [1.29, 1.82) is 0 Å². The van der Waals surface area contributed by atoms with Crippen LogP contribution in [0.1, 0.15) is 64.1 Å². The number of benzene rings is 2. The van der Waals surface area contributed by atoms with Crippen LogP contribution in [0.25, 0.3) is 0 Å². The average molecular weight is 489 g/mol. The zero-order valence-electron chi connectivity index (χ0n) is 20.5. The summed E-state index contributed by atoms with van der Waals surface area (Å²) in [6.07, 6.45) is 2.63. The standard InChI is InChI=1S/C26H36N2O5S/c1-5-32-23-15-10-20(17-24(23)33-6-2)26(18(3)4)27-25(29)16-9-19-7-13-22(14-8-19)34(30,31)28-21-11-12-21/h7-8,10,13-15,17-18,21,26,28H,5-6,9,11-12,16H2,1-4H3,(H,27,29). The smallest absolute Gasteiger partial charge is 0.240 e. The van der Waals surface area contributed by atoms with Crippen LogP contribution in [0.4, 0.5) is 0 Å². The predicted molar refractivity (Wildman–Crippen MR) is 133 cm³/mol. The van der Waals surface area contributed by atoms with Gasteiger partial charge in [0.15, 0.2) is 11.5 Å². The molecule has 0 spiro atoms. The van der Waals surface area contributed by atoms with E-state index in [4.69, 9.17) is 9.47 Å². The summed E-state index contributed by atoms with van der Waals surface area (Å²) in [5.41, 5.74) is 1.88. The van der Waals surface area contributed by atoms with Crippen molar-refractivity contribution in [1.82, 2.24) is 10.0 Å². The molecule has 186 valence electrons. The molecular weight excluding hydrogens is 452 g/mol. The summed E-state index contributed by atoms with van der Waals surface area (Å²) >= 11 is 0. The molecule has 7 nitrogen and oxygen atoms in total. The molecular formula is C26H36N2O5S. The number of hydrogen-bond donors (Lipinski definition) is 2. The van der Waals surface area contributed by atoms with E-state index in [1.165, 1.54) is 0 Å². The Kier molecular flexibility index (Phi) is 8.97. The van der Waals surface area contributed by atoms with Gasteiger partial charge in [0.25, 0.3) is 0 Å². The Labute approximate surface area is 203 Å². The van der Waals surface area contributed by atoms with Crippen molar-refractivity contribution in [3.05, 3.63) is 53.6 Å². The van der Waals surface area contributed by atoms with E-state index in [2.05, 4.69) is 23.9 Å². The van der Waals surface area contributed by atoms with Crippen LogP contribution in [0.15, 0.2) is 47.4 Å². The Morgan fingerprint density at radius 2 is 1.65 bits per heavy atom. The van der Waals surface area contributed by atoms with Crippen molar-refractivity contribution < 1.29 is 22.7 Å². The van der Waals surface area contributed by atoms with Crippen LogP contribution in [-0.4, -0.2) is 33.6 Å². The van der Waals surface area contributed by atoms with E-state index in [1.54, 1.807) is 24.3 Å². The fourth-order valence-electron chi connectivity index (χ4n) is 3.72. The fourth-order valence-corrected chi connectivity index (χ4v) is 5.03. The van der Waals surface area contributed by atoms with E-state index in [9.17, 15) is 13.2 Å². The summed E-state index contributed by atoms with van der Waals surface area (Å²) in [6, 6.07) is 12.4. The minimum Gasteiger partial charge on any atom is -0.490 e. The molecule has 0 saturated heterocycles. The molecule has 1 atom stereocenters. The minimum absolute atomic E-state index is 0.0577. The van der Waals surface area contributed by atoms with Crippen LogP contribution in [0.5, 0.6) is 11.5 Å². The second kappa shape index (κ2) is 11.7. The van der Waals surface area contributed by atoms with Crippen LogP contribution in [-0.2, 0) is 21.2 Å². The van der Waals surface area contributed by atoms with E-state index in [-0.39, 0.29) is 28.8 Å². The lowest BCUT2D eigenvalue weighted by atomic mass is 9.95. The number of sulfonamides is 1. The number of hydrogen-bond acceptors (Lipinski definition) is 5. The zero-order valence-corrected chi connectivity index (χ0v) is 21.3. The third-order valence-electron chi connectivity index (χ3n) is 5.68. The number of carbonyl (C=O) groups excluding carboxylic acids is 1. The van der Waals surface area contributed by atoms with Gasteiger partial charge in [0, 0.05) is 12.5 Å². The summed E-state index contributed by atoms with van der Waals surface area (Å²) in [7, 11) is -3.46. The maximum atomic E-state index is 12.8. The normalized spacial score (nSPS) is 14.6. The number of rotatable bonds is 13. The second-order valence-corrected chi connectivity index (χ2v) is 10.6. The highest BCUT2D eigenvalue weighted by Gasteiger charge is 2.28. The van der Waals surface area contributed by atoms with Crippen molar-refractivity contribution in [2.45, 2.75) is 70.4 Å². The van der Waals surface area contributed by atoms with Gasteiger partial charge in [-0.2, -0.15) is 0 Å². The van der Waals surface area contributed by atoms with Gasteiger partial charge in [-0.3, -0.25) is 4.79 Å². The van der Waals surface area contributed by atoms with Crippen molar-refractivity contribution in [3.8, 4) is 11.5 Å². The first-order valence-corrected chi connectivity index (χ1v) is 13.5. The molecule has 1 saturated carbocycles. The number of carbonyl (C=O) groups is 1. The van der Waals surface area contributed by atoms with Gasteiger partial charge < -0.3 is 14.8 Å². The molecule has 0 aromatic heterocycles. The van der Waals surface area contributed by atoms with Crippen LogP contribution in [0.3, 0.4) is 0 Å². The average Bonchev–Trinajstić information content (AvgIpc) is 3.61. The molecule has 1 amide bonds. The molecule has 1 fully saturated rings. The molecule has 1 aliphatic rings. The first-order valence-electron chi connectivity index (χ1n) is 12.0. The Morgan fingerprint density at radius 1 is 1.00 bits per heavy atom. The molecule has 0 bridgehead atoms. The van der Waals surface area contributed by atoms with Gasteiger partial charge in [-0.15, -0.1) is 0 Å². The molecule has 0 aliphatic heterocycles. The van der Waals surface area contributed by atoms with E-state index < -0.39 is 10.0 Å². The molecule has 2 N–H and O–H groups in total. The quantitative estimate of drug-likeness (QED) is 0.437. The molecule has 2 aromatic rings. The molecule has 8 heteroatoms. The van der Waals surface area contributed by atoms with Gasteiger partial charge >= 0.3 is 0 Å². The third kappa shape index (κ3) is 7.21. The second-order valence-electron chi connectivity index (χ2n) is 8.90. The lowest BCUT2D eigenvalue weighted by Gasteiger charge is -2.24. The van der Waals surface area contributed by atoms with Crippen molar-refractivity contribution >= 4 is 15.9 Å². The predicted octanol–water partition coefficient (Wildman–Crippen LogP) is 4.37. The van der Waals surface area contributed by atoms with Gasteiger partial charge in [-0.25, -0.2) is 13.1 Å².